The van der Waals surface area contributed by atoms with E-state index >= 15 is 0 Å². The van der Waals surface area contributed by atoms with Crippen LogP contribution in [0.4, 0.5) is 0 Å². The molecule has 0 heterocycles. The summed E-state index contributed by atoms with van der Waals surface area (Å²) in [5, 5.41) is 2.70. The minimum absolute atomic E-state index is 0. The van der Waals surface area contributed by atoms with Crippen LogP contribution in [-0.2, 0) is 32.7 Å². The van der Waals surface area contributed by atoms with E-state index in [1.807, 2.05) is 12.1 Å². The van der Waals surface area contributed by atoms with Crippen molar-refractivity contribution in [3.63, 3.8) is 0 Å². The minimum atomic E-state index is -0.369. The fourth-order valence-corrected chi connectivity index (χ4v) is 11.0. The van der Waals surface area contributed by atoms with Crippen LogP contribution in [0.1, 0.15) is 0 Å². The van der Waals surface area contributed by atoms with Gasteiger partial charge in [-0.3, -0.25) is 0 Å². The van der Waals surface area contributed by atoms with Crippen molar-refractivity contribution in [3.8, 4) is 0 Å². The van der Waals surface area contributed by atoms with Gasteiger partial charge in [0.15, 0.2) is 0 Å². The largest absolute Gasteiger partial charge is 3.00 e. The smallest absolute Gasteiger partial charge is 0.246 e. The molecule has 0 saturated heterocycles. The molecular formula is C13H11Br2P2Y+2. The van der Waals surface area contributed by atoms with Crippen LogP contribution in [0.5, 0.6) is 0 Å². The fourth-order valence-electron chi connectivity index (χ4n) is 1.36. The van der Waals surface area contributed by atoms with Crippen molar-refractivity contribution in [1.29, 1.82) is 0 Å². The van der Waals surface area contributed by atoms with Crippen LogP contribution < -0.4 is 10.6 Å². The van der Waals surface area contributed by atoms with Crippen molar-refractivity contribution in [2.75, 3.05) is 0 Å². The molecule has 88 valence electrons. The number of benzene rings is 2. The maximum atomic E-state index is 3.78. The molecule has 0 aliphatic carbocycles. The molecule has 0 aliphatic heterocycles. The first kappa shape index (κ1) is 17.4. The zero-order chi connectivity index (χ0) is 12.1. The van der Waals surface area contributed by atoms with Gasteiger partial charge in [-0.2, -0.15) is 13.2 Å². The van der Waals surface area contributed by atoms with E-state index in [9.17, 15) is 0 Å². The summed E-state index contributed by atoms with van der Waals surface area (Å²) in [5.74, 6) is 2.37. The summed E-state index contributed by atoms with van der Waals surface area (Å²) in [7, 11) is 0. The average Bonchev–Trinajstić information content (AvgIpc) is 2.40. The molecular weight excluding hydrogens is 467 g/mol. The maximum Gasteiger partial charge on any atom is 3.00 e. The molecule has 0 amide bonds. The minimum Gasteiger partial charge on any atom is -0.246 e. The molecule has 0 fully saturated rings. The molecule has 0 aliphatic rings. The third-order valence-corrected chi connectivity index (χ3v) is 11.2. The molecule has 0 radical (unpaired) electrons. The third kappa shape index (κ3) is 5.39. The van der Waals surface area contributed by atoms with Gasteiger partial charge in [0.25, 0.3) is 0 Å². The average molecular weight is 478 g/mol. The van der Waals surface area contributed by atoms with Crippen molar-refractivity contribution in [2.24, 2.45) is 0 Å². The maximum absolute atomic E-state index is 3.78. The zero-order valence-electron chi connectivity index (χ0n) is 9.58. The summed E-state index contributed by atoms with van der Waals surface area (Å²) in [6.45, 7) is -0.739. The van der Waals surface area contributed by atoms with E-state index in [0.29, 0.717) is 0 Å². The van der Waals surface area contributed by atoms with Crippen LogP contribution in [0.2, 0.25) is 0 Å². The monoisotopic (exact) mass is 476 g/mol. The Morgan fingerprint density at radius 2 is 1.00 bits per heavy atom. The van der Waals surface area contributed by atoms with Crippen LogP contribution in [0, 0.1) is 5.90 Å². The van der Waals surface area contributed by atoms with Gasteiger partial charge in [0.05, 0.1) is 0 Å². The Morgan fingerprint density at radius 3 is 1.33 bits per heavy atom. The second kappa shape index (κ2) is 9.33. The van der Waals surface area contributed by atoms with Crippen LogP contribution in [0.3, 0.4) is 0 Å². The number of rotatable bonds is 4. The summed E-state index contributed by atoms with van der Waals surface area (Å²) in [6.07, 6.45) is 0. The number of hydrogen-bond donors (Lipinski definition) is 0. The van der Waals surface area contributed by atoms with Crippen molar-refractivity contribution < 1.29 is 32.7 Å². The molecule has 0 bridgehead atoms. The third-order valence-electron chi connectivity index (χ3n) is 2.21. The molecule has 0 spiro atoms. The Bertz CT molecular complexity index is 410. The number of hydrogen-bond acceptors (Lipinski definition) is 0. The topological polar surface area (TPSA) is 0 Å². The van der Waals surface area contributed by atoms with Crippen molar-refractivity contribution >= 4 is 54.8 Å². The number of halogens is 2. The first-order valence-corrected chi connectivity index (χ1v) is 12.0. The van der Waals surface area contributed by atoms with Gasteiger partial charge in [-0.1, -0.05) is 91.6 Å². The normalized spacial score (nSPS) is 13.4. The summed E-state index contributed by atoms with van der Waals surface area (Å²) in [6, 6.07) is 21.1. The standard InChI is InChI=1S/C13H11Br2P2.Y/c14-16(12-7-3-1-4-8-12)11-17(15)13-9-5-2-6-10-13;/h1-11H;/q-1;+3. The van der Waals surface area contributed by atoms with E-state index in [4.69, 9.17) is 0 Å². The fraction of sp³-hybridized carbons (Fsp3) is 0. The second-order valence-corrected chi connectivity index (χ2v) is 11.2. The Hall–Kier alpha value is 1.36. The first-order chi connectivity index (χ1) is 8.27. The Balaban J connectivity index is 0.00000162. The molecule has 5 heteroatoms. The van der Waals surface area contributed by atoms with E-state index in [-0.39, 0.29) is 46.0 Å². The van der Waals surface area contributed by atoms with Gasteiger partial charge < -0.3 is 0 Å². The quantitative estimate of drug-likeness (QED) is 0.412. The SMILES string of the molecule is BrP([CH-]P(Br)c1ccccc1)c1ccccc1.[Y+3]. The first-order valence-electron chi connectivity index (χ1n) is 5.12. The summed E-state index contributed by atoms with van der Waals surface area (Å²) in [4.78, 5) is 0. The van der Waals surface area contributed by atoms with Crippen LogP contribution in [0.15, 0.2) is 60.7 Å². The van der Waals surface area contributed by atoms with E-state index in [0.717, 1.165) is 0 Å². The molecule has 0 nitrogen and oxygen atoms in total. The predicted octanol–water partition coefficient (Wildman–Crippen LogP) is 5.34. The van der Waals surface area contributed by atoms with E-state index in [1.165, 1.54) is 10.6 Å². The Morgan fingerprint density at radius 1 is 0.667 bits per heavy atom. The van der Waals surface area contributed by atoms with Gasteiger partial charge >= 0.3 is 32.7 Å². The van der Waals surface area contributed by atoms with Gasteiger partial charge in [-0.25, -0.2) is 5.90 Å². The summed E-state index contributed by atoms with van der Waals surface area (Å²) in [5.41, 5.74) is 0. The van der Waals surface area contributed by atoms with Crippen LogP contribution in [0.25, 0.3) is 0 Å². The summed E-state index contributed by atoms with van der Waals surface area (Å²) < 4.78 is 0. The van der Waals surface area contributed by atoms with E-state index < -0.39 is 0 Å². The van der Waals surface area contributed by atoms with Gasteiger partial charge in [-0.15, -0.1) is 0 Å². The Labute approximate surface area is 152 Å². The van der Waals surface area contributed by atoms with Crippen LogP contribution in [-0.4, -0.2) is 0 Å². The molecule has 2 rings (SSSR count). The summed E-state index contributed by atoms with van der Waals surface area (Å²) >= 11 is 7.56. The van der Waals surface area contributed by atoms with Gasteiger partial charge in [0.2, 0.25) is 0 Å². The van der Waals surface area contributed by atoms with Crippen molar-refractivity contribution in [2.45, 2.75) is 0 Å². The molecule has 2 unspecified atom stereocenters. The molecule has 2 atom stereocenters. The molecule has 0 aromatic heterocycles. The second-order valence-electron chi connectivity index (χ2n) is 3.41. The molecule has 2 aromatic rings. The van der Waals surface area contributed by atoms with E-state index in [1.54, 1.807) is 0 Å². The van der Waals surface area contributed by atoms with Crippen molar-refractivity contribution in [3.05, 3.63) is 66.6 Å². The predicted molar refractivity (Wildman–Crippen MR) is 88.1 cm³/mol. The van der Waals surface area contributed by atoms with Gasteiger partial charge in [-0.05, 0) is 10.6 Å². The molecule has 0 saturated carbocycles. The van der Waals surface area contributed by atoms with Crippen LogP contribution >= 0.6 is 44.2 Å². The molecule has 2 aromatic carbocycles. The molecule has 0 N–H and O–H groups in total. The van der Waals surface area contributed by atoms with E-state index in [2.05, 4.69) is 85.4 Å². The van der Waals surface area contributed by atoms with Crippen molar-refractivity contribution in [1.82, 2.24) is 0 Å². The zero-order valence-corrected chi connectivity index (χ0v) is 17.4. The van der Waals surface area contributed by atoms with Gasteiger partial charge in [0, 0.05) is 0 Å². The molecule has 18 heavy (non-hydrogen) atoms. The Kier molecular flexibility index (Phi) is 9.02. The van der Waals surface area contributed by atoms with Gasteiger partial charge in [0.1, 0.15) is 0 Å².